The molecule has 0 radical (unpaired) electrons. The van der Waals surface area contributed by atoms with Crippen LogP contribution in [-0.2, 0) is 4.74 Å². The maximum atomic E-state index is 13.7. The van der Waals surface area contributed by atoms with Gasteiger partial charge in [0.2, 0.25) is 0 Å². The van der Waals surface area contributed by atoms with Crippen LogP contribution < -0.4 is 0 Å². The van der Waals surface area contributed by atoms with Crippen LogP contribution in [0, 0.1) is 6.92 Å². The number of alkyl halides is 3. The lowest BCUT2D eigenvalue weighted by Crippen LogP contribution is -2.24. The number of carbonyl (C=O) groups is 2. The summed E-state index contributed by atoms with van der Waals surface area (Å²) < 4.78 is 46.2. The SMILES string of the molecule is Cc1cc(C(=O)C=C(c2cc(Cl)c(Cl)c(Cl)c2)C(F)(F)F)ccc1C(=O)OC(C)(C)C. The largest absolute Gasteiger partial charge is 0.456 e. The Labute approximate surface area is 192 Å². The molecule has 166 valence electrons. The minimum absolute atomic E-state index is 0.0299. The van der Waals surface area contributed by atoms with Gasteiger partial charge in [-0.3, -0.25) is 4.79 Å². The molecule has 0 aliphatic heterocycles. The van der Waals surface area contributed by atoms with Gasteiger partial charge in [0.05, 0.1) is 26.2 Å². The highest BCUT2D eigenvalue weighted by Gasteiger charge is 2.36. The second-order valence-electron chi connectivity index (χ2n) is 7.71. The van der Waals surface area contributed by atoms with Crippen LogP contribution in [-0.4, -0.2) is 23.5 Å². The van der Waals surface area contributed by atoms with Gasteiger partial charge < -0.3 is 4.74 Å². The zero-order valence-electron chi connectivity index (χ0n) is 17.0. The van der Waals surface area contributed by atoms with E-state index in [4.69, 9.17) is 39.5 Å². The second kappa shape index (κ2) is 9.23. The number of ether oxygens (including phenoxy) is 1. The lowest BCUT2D eigenvalue weighted by Gasteiger charge is -2.20. The van der Waals surface area contributed by atoms with Gasteiger partial charge in [0.1, 0.15) is 5.60 Å². The zero-order valence-corrected chi connectivity index (χ0v) is 19.2. The van der Waals surface area contributed by atoms with Crippen molar-refractivity contribution in [2.24, 2.45) is 0 Å². The first-order valence-electron chi connectivity index (χ1n) is 8.92. The second-order valence-corrected chi connectivity index (χ2v) is 8.90. The Morgan fingerprint density at radius 2 is 1.48 bits per heavy atom. The van der Waals surface area contributed by atoms with Gasteiger partial charge in [0.25, 0.3) is 0 Å². The molecule has 9 heteroatoms. The highest BCUT2D eigenvalue weighted by molar-refractivity contribution is 6.48. The molecular formula is C22H18Cl3F3O3. The van der Waals surface area contributed by atoms with Crippen molar-refractivity contribution >= 4 is 52.1 Å². The third kappa shape index (κ3) is 6.48. The summed E-state index contributed by atoms with van der Waals surface area (Å²) in [6.07, 6.45) is -4.40. The van der Waals surface area contributed by atoms with Gasteiger partial charge in [0, 0.05) is 5.56 Å². The fraction of sp³-hybridized carbons (Fsp3) is 0.273. The molecular weight excluding hydrogens is 476 g/mol. The molecule has 0 fully saturated rings. The van der Waals surface area contributed by atoms with E-state index in [2.05, 4.69) is 0 Å². The molecule has 3 nitrogen and oxygen atoms in total. The molecule has 0 unspecified atom stereocenters. The third-order valence-corrected chi connectivity index (χ3v) is 5.20. The first kappa shape index (κ1) is 25.2. The van der Waals surface area contributed by atoms with Crippen molar-refractivity contribution in [3.63, 3.8) is 0 Å². The van der Waals surface area contributed by atoms with Gasteiger partial charge in [-0.25, -0.2) is 4.79 Å². The number of hydrogen-bond acceptors (Lipinski definition) is 3. The number of rotatable bonds is 4. The van der Waals surface area contributed by atoms with Gasteiger partial charge in [0.15, 0.2) is 5.78 Å². The molecule has 0 bridgehead atoms. The summed E-state index contributed by atoms with van der Waals surface area (Å²) in [5, 5.41) is -0.443. The molecule has 0 aliphatic carbocycles. The molecule has 0 spiro atoms. The van der Waals surface area contributed by atoms with E-state index in [0.717, 1.165) is 12.1 Å². The molecule has 0 heterocycles. The molecule has 2 aromatic carbocycles. The molecule has 0 amide bonds. The molecule has 0 saturated carbocycles. The van der Waals surface area contributed by atoms with Crippen molar-refractivity contribution in [1.82, 2.24) is 0 Å². The average Bonchev–Trinajstić information content (AvgIpc) is 2.60. The van der Waals surface area contributed by atoms with Crippen LogP contribution >= 0.6 is 34.8 Å². The highest BCUT2D eigenvalue weighted by Crippen LogP contribution is 2.39. The van der Waals surface area contributed by atoms with Crippen molar-refractivity contribution < 1.29 is 27.5 Å². The first-order valence-corrected chi connectivity index (χ1v) is 10.1. The maximum absolute atomic E-state index is 13.7. The number of allylic oxidation sites excluding steroid dienone is 2. The van der Waals surface area contributed by atoms with Gasteiger partial charge in [-0.2, -0.15) is 13.2 Å². The predicted molar refractivity (Wildman–Crippen MR) is 116 cm³/mol. The van der Waals surface area contributed by atoms with E-state index in [0.29, 0.717) is 11.6 Å². The molecule has 2 aromatic rings. The summed E-state index contributed by atoms with van der Waals surface area (Å²) in [5.41, 5.74) is -1.78. The summed E-state index contributed by atoms with van der Waals surface area (Å²) in [5.74, 6) is -1.51. The minimum atomic E-state index is -4.86. The van der Waals surface area contributed by atoms with Gasteiger partial charge in [-0.15, -0.1) is 0 Å². The van der Waals surface area contributed by atoms with Crippen LogP contribution in [0.15, 0.2) is 36.4 Å². The highest BCUT2D eigenvalue weighted by atomic mass is 35.5. The number of ketones is 1. The van der Waals surface area contributed by atoms with Gasteiger partial charge in [-0.1, -0.05) is 40.9 Å². The van der Waals surface area contributed by atoms with Crippen molar-refractivity contribution in [1.29, 1.82) is 0 Å². The molecule has 0 aromatic heterocycles. The van der Waals surface area contributed by atoms with Crippen molar-refractivity contribution in [2.75, 3.05) is 0 Å². The molecule has 2 rings (SSSR count). The summed E-state index contributed by atoms with van der Waals surface area (Å²) >= 11 is 17.5. The maximum Gasteiger partial charge on any atom is 0.417 e. The summed E-state index contributed by atoms with van der Waals surface area (Å²) in [6.45, 7) is 6.67. The van der Waals surface area contributed by atoms with E-state index in [1.807, 2.05) is 0 Å². The lowest BCUT2D eigenvalue weighted by molar-refractivity contribution is -0.0689. The van der Waals surface area contributed by atoms with Crippen molar-refractivity contribution in [2.45, 2.75) is 39.5 Å². The number of carbonyl (C=O) groups excluding carboxylic acids is 2. The third-order valence-electron chi connectivity index (χ3n) is 4.01. The zero-order chi connectivity index (χ0) is 23.7. The van der Waals surface area contributed by atoms with Crippen LogP contribution in [0.1, 0.15) is 52.6 Å². The van der Waals surface area contributed by atoms with Crippen LogP contribution in [0.3, 0.4) is 0 Å². The fourth-order valence-corrected chi connectivity index (χ4v) is 3.23. The van der Waals surface area contributed by atoms with Crippen molar-refractivity contribution in [3.8, 4) is 0 Å². The standard InChI is InChI=1S/C22H18Cl3F3O3/c1-11-7-12(5-6-14(11)20(30)31-21(2,3)4)18(29)10-15(22(26,27)28)13-8-16(23)19(25)17(24)9-13/h5-10H,1-4H3. The van der Waals surface area contributed by atoms with Crippen LogP contribution in [0.25, 0.3) is 5.57 Å². The minimum Gasteiger partial charge on any atom is -0.456 e. The van der Waals surface area contributed by atoms with Crippen LogP contribution in [0.4, 0.5) is 13.2 Å². The topological polar surface area (TPSA) is 43.4 Å². The van der Waals surface area contributed by atoms with E-state index in [1.54, 1.807) is 27.7 Å². The van der Waals surface area contributed by atoms with E-state index < -0.39 is 34.7 Å². The van der Waals surface area contributed by atoms with E-state index in [-0.39, 0.29) is 26.2 Å². The number of esters is 1. The molecule has 0 atom stereocenters. The Morgan fingerprint density at radius 3 is 1.94 bits per heavy atom. The Hall–Kier alpha value is -2.02. The normalized spacial score (nSPS) is 12.6. The van der Waals surface area contributed by atoms with Gasteiger partial charge in [-0.05, 0) is 69.2 Å². The Balaban J connectivity index is 2.46. The van der Waals surface area contributed by atoms with E-state index >= 15 is 0 Å². The van der Waals surface area contributed by atoms with E-state index in [9.17, 15) is 22.8 Å². The van der Waals surface area contributed by atoms with Gasteiger partial charge >= 0.3 is 12.1 Å². The quantitative estimate of drug-likeness (QED) is 0.189. The number of aryl methyl sites for hydroxylation is 1. The summed E-state index contributed by atoms with van der Waals surface area (Å²) in [6, 6.07) is 5.90. The Bertz CT molecular complexity index is 1040. The molecule has 0 N–H and O–H groups in total. The van der Waals surface area contributed by atoms with Crippen LogP contribution in [0.5, 0.6) is 0 Å². The van der Waals surface area contributed by atoms with Crippen molar-refractivity contribution in [3.05, 3.63) is 73.7 Å². The smallest absolute Gasteiger partial charge is 0.417 e. The number of benzene rings is 2. The van der Waals surface area contributed by atoms with Crippen LogP contribution in [0.2, 0.25) is 15.1 Å². The molecule has 0 aliphatic rings. The summed E-state index contributed by atoms with van der Waals surface area (Å²) in [7, 11) is 0. The molecule has 0 saturated heterocycles. The Kier molecular flexibility index (Phi) is 7.51. The average molecular weight is 494 g/mol. The van der Waals surface area contributed by atoms with E-state index in [1.165, 1.54) is 18.2 Å². The number of hydrogen-bond donors (Lipinski definition) is 0. The predicted octanol–water partition coefficient (Wildman–Crippen LogP) is 7.74. The first-order chi connectivity index (χ1) is 14.1. The number of halogens is 6. The monoisotopic (exact) mass is 492 g/mol. The summed E-state index contributed by atoms with van der Waals surface area (Å²) in [4.78, 5) is 24.8. The Morgan fingerprint density at radius 1 is 0.935 bits per heavy atom. The lowest BCUT2D eigenvalue weighted by atomic mass is 9.98. The molecule has 31 heavy (non-hydrogen) atoms. The fourth-order valence-electron chi connectivity index (χ4n) is 2.63.